The molecule has 0 bridgehead atoms. The van der Waals surface area contributed by atoms with Gasteiger partial charge in [-0.3, -0.25) is 19.9 Å². The summed E-state index contributed by atoms with van der Waals surface area (Å²) in [5, 5.41) is 3.33. The van der Waals surface area contributed by atoms with Crippen LogP contribution in [-0.2, 0) is 4.79 Å². The summed E-state index contributed by atoms with van der Waals surface area (Å²) in [6, 6.07) is 9.15. The van der Waals surface area contributed by atoms with Crippen molar-refractivity contribution in [3.05, 3.63) is 63.3 Å². The zero-order valence-corrected chi connectivity index (χ0v) is 16.5. The minimum Gasteiger partial charge on any atom is -0.350 e. The molecule has 3 amide bonds. The van der Waals surface area contributed by atoms with E-state index in [9.17, 15) is 14.4 Å². The van der Waals surface area contributed by atoms with Crippen molar-refractivity contribution in [1.29, 1.82) is 0 Å². The first-order chi connectivity index (χ1) is 13.4. The molecule has 2 heterocycles. The van der Waals surface area contributed by atoms with Gasteiger partial charge in [0.15, 0.2) is 5.78 Å². The van der Waals surface area contributed by atoms with Crippen molar-refractivity contribution in [2.75, 3.05) is 24.6 Å². The van der Waals surface area contributed by atoms with Crippen molar-refractivity contribution in [1.82, 2.24) is 10.3 Å². The van der Waals surface area contributed by atoms with Crippen LogP contribution in [0.1, 0.15) is 16.1 Å². The molecule has 3 rings (SSSR count). The molecule has 0 saturated heterocycles. The first-order valence-electron chi connectivity index (χ1n) is 8.58. The van der Waals surface area contributed by atoms with Gasteiger partial charge in [0, 0.05) is 23.7 Å². The molecule has 0 fully saturated rings. The highest BCUT2D eigenvalue weighted by molar-refractivity contribution is 7.12. The third-order valence-corrected chi connectivity index (χ3v) is 5.37. The van der Waals surface area contributed by atoms with Gasteiger partial charge in [-0.15, -0.1) is 11.3 Å². The van der Waals surface area contributed by atoms with Crippen LogP contribution < -0.4 is 16.2 Å². The highest BCUT2D eigenvalue weighted by atomic mass is 35.5. The van der Waals surface area contributed by atoms with E-state index < -0.39 is 11.9 Å². The number of anilines is 1. The molecule has 9 heteroatoms. The Hall–Kier alpha value is -2.68. The molecule has 1 aromatic heterocycles. The molecule has 1 aromatic carbocycles. The van der Waals surface area contributed by atoms with Gasteiger partial charge in [0.05, 0.1) is 17.1 Å². The van der Waals surface area contributed by atoms with Crippen molar-refractivity contribution < 1.29 is 14.4 Å². The van der Waals surface area contributed by atoms with E-state index in [4.69, 9.17) is 17.3 Å². The third-order valence-electron chi connectivity index (χ3n) is 4.20. The molecule has 28 heavy (non-hydrogen) atoms. The number of Topliss-reactive ketones (excluding diaryl/α,β-unsaturated/α-hetero) is 1. The number of nitrogens with one attached hydrogen (secondary N) is 1. The van der Waals surface area contributed by atoms with Crippen molar-refractivity contribution >= 4 is 46.3 Å². The fraction of sp³-hybridized carbons (Fsp3) is 0.211. The molecule has 3 N–H and O–H groups in total. The normalized spacial score (nSPS) is 14.2. The molecule has 0 spiro atoms. The van der Waals surface area contributed by atoms with Crippen LogP contribution in [0.15, 0.2) is 53.4 Å². The van der Waals surface area contributed by atoms with Gasteiger partial charge in [0.2, 0.25) is 0 Å². The van der Waals surface area contributed by atoms with Crippen molar-refractivity contribution in [3.8, 4) is 0 Å². The fourth-order valence-corrected chi connectivity index (χ4v) is 3.62. The van der Waals surface area contributed by atoms with Crippen LogP contribution in [0.4, 0.5) is 10.5 Å². The SMILES string of the molecule is NC(=O)N(NC(=O)C1=CCCN(CC(=O)c2cccs2)C1)c1ccc(Cl)cc1. The summed E-state index contributed by atoms with van der Waals surface area (Å²) in [4.78, 5) is 39.3. The maximum Gasteiger partial charge on any atom is 0.338 e. The van der Waals surface area contributed by atoms with E-state index in [0.717, 1.165) is 5.01 Å². The van der Waals surface area contributed by atoms with Gasteiger partial charge in [-0.2, -0.15) is 0 Å². The van der Waals surface area contributed by atoms with Crippen molar-refractivity contribution in [2.24, 2.45) is 5.73 Å². The van der Waals surface area contributed by atoms with Gasteiger partial charge < -0.3 is 5.73 Å². The second kappa shape index (κ2) is 9.01. The number of thiophene rings is 1. The number of rotatable bonds is 5. The summed E-state index contributed by atoms with van der Waals surface area (Å²) >= 11 is 7.25. The molecular formula is C19H19ClN4O3S. The summed E-state index contributed by atoms with van der Waals surface area (Å²) in [5.74, 6) is -0.418. The van der Waals surface area contributed by atoms with Gasteiger partial charge in [-0.1, -0.05) is 23.7 Å². The van der Waals surface area contributed by atoms with Crippen molar-refractivity contribution in [2.45, 2.75) is 6.42 Å². The van der Waals surface area contributed by atoms with Crippen LogP contribution in [0.3, 0.4) is 0 Å². The molecule has 0 radical (unpaired) electrons. The number of urea groups is 1. The second-order valence-electron chi connectivity index (χ2n) is 6.22. The molecule has 1 aliphatic rings. The summed E-state index contributed by atoms with van der Waals surface area (Å²) < 4.78 is 0. The Morgan fingerprint density at radius 1 is 1.21 bits per heavy atom. The maximum atomic E-state index is 12.6. The summed E-state index contributed by atoms with van der Waals surface area (Å²) in [5.41, 5.74) is 8.79. The minimum absolute atomic E-state index is 0.0246. The van der Waals surface area contributed by atoms with Crippen LogP contribution in [0.2, 0.25) is 5.02 Å². The van der Waals surface area contributed by atoms with E-state index in [2.05, 4.69) is 5.43 Å². The number of benzene rings is 1. The molecule has 1 aliphatic heterocycles. The van der Waals surface area contributed by atoms with E-state index >= 15 is 0 Å². The summed E-state index contributed by atoms with van der Waals surface area (Å²) in [6.07, 6.45) is 2.44. The predicted octanol–water partition coefficient (Wildman–Crippen LogP) is 2.83. The van der Waals surface area contributed by atoms with Gasteiger partial charge in [-0.05, 0) is 42.1 Å². The van der Waals surface area contributed by atoms with E-state index in [1.54, 1.807) is 30.3 Å². The number of nitrogens with zero attached hydrogens (tertiary/aromatic N) is 2. The van der Waals surface area contributed by atoms with E-state index in [1.807, 2.05) is 22.4 Å². The summed E-state index contributed by atoms with van der Waals surface area (Å²) in [6.45, 7) is 1.24. The lowest BCUT2D eigenvalue weighted by Gasteiger charge is -2.27. The summed E-state index contributed by atoms with van der Waals surface area (Å²) in [7, 11) is 0. The highest BCUT2D eigenvalue weighted by Crippen LogP contribution is 2.18. The molecular weight excluding hydrogens is 400 g/mol. The lowest BCUT2D eigenvalue weighted by molar-refractivity contribution is -0.117. The average Bonchev–Trinajstić information content (AvgIpc) is 3.22. The number of hydrogen-bond acceptors (Lipinski definition) is 5. The molecule has 0 atom stereocenters. The van der Waals surface area contributed by atoms with Gasteiger partial charge in [0.25, 0.3) is 5.91 Å². The second-order valence-corrected chi connectivity index (χ2v) is 7.60. The topological polar surface area (TPSA) is 95.7 Å². The quantitative estimate of drug-likeness (QED) is 0.576. The van der Waals surface area contributed by atoms with E-state index in [1.165, 1.54) is 11.3 Å². The lowest BCUT2D eigenvalue weighted by Crippen LogP contribution is -2.51. The van der Waals surface area contributed by atoms with Crippen LogP contribution in [0, 0.1) is 0 Å². The predicted molar refractivity (Wildman–Crippen MR) is 109 cm³/mol. The Balaban J connectivity index is 1.64. The molecule has 146 valence electrons. The van der Waals surface area contributed by atoms with E-state index in [-0.39, 0.29) is 12.3 Å². The van der Waals surface area contributed by atoms with Crippen LogP contribution in [-0.4, -0.2) is 42.3 Å². The molecule has 0 unspecified atom stereocenters. The number of nitrogens with two attached hydrogens (primary N) is 1. The largest absolute Gasteiger partial charge is 0.350 e. The van der Waals surface area contributed by atoms with E-state index in [0.29, 0.717) is 40.7 Å². The Kier molecular flexibility index (Phi) is 6.45. The lowest BCUT2D eigenvalue weighted by atomic mass is 10.1. The number of hydrazine groups is 1. The minimum atomic E-state index is -0.822. The monoisotopic (exact) mass is 418 g/mol. The number of halogens is 1. The van der Waals surface area contributed by atoms with Crippen molar-refractivity contribution in [3.63, 3.8) is 0 Å². The third kappa shape index (κ3) is 4.98. The van der Waals surface area contributed by atoms with Crippen LogP contribution in [0.25, 0.3) is 0 Å². The zero-order chi connectivity index (χ0) is 20.1. The van der Waals surface area contributed by atoms with Gasteiger partial charge in [-0.25, -0.2) is 9.80 Å². The Morgan fingerprint density at radius 2 is 1.96 bits per heavy atom. The van der Waals surface area contributed by atoms with Crippen LogP contribution >= 0.6 is 22.9 Å². The zero-order valence-electron chi connectivity index (χ0n) is 14.9. The first-order valence-corrected chi connectivity index (χ1v) is 9.84. The standard InChI is InChI=1S/C19H19ClN4O3S/c20-14-5-7-15(8-6-14)24(19(21)27)22-18(26)13-3-1-9-23(11-13)12-16(25)17-4-2-10-28-17/h2-8,10H,1,9,11-12H2,(H2,21,27)(H,22,26). The number of carbonyl (C=O) groups is 3. The number of primary amides is 1. The van der Waals surface area contributed by atoms with Gasteiger partial charge >= 0.3 is 6.03 Å². The Bertz CT molecular complexity index is 896. The Morgan fingerprint density at radius 3 is 2.61 bits per heavy atom. The fourth-order valence-electron chi connectivity index (χ4n) is 2.83. The Labute approximate surface area is 171 Å². The first kappa shape index (κ1) is 20.1. The molecule has 2 aromatic rings. The molecule has 0 aliphatic carbocycles. The molecule has 7 nitrogen and oxygen atoms in total. The highest BCUT2D eigenvalue weighted by Gasteiger charge is 2.23. The number of ketones is 1. The maximum absolute atomic E-state index is 12.6. The average molecular weight is 419 g/mol. The molecule has 0 saturated carbocycles. The number of hydrogen-bond donors (Lipinski definition) is 2. The van der Waals surface area contributed by atoms with Crippen LogP contribution in [0.5, 0.6) is 0 Å². The number of amides is 3. The smallest absolute Gasteiger partial charge is 0.338 e. The number of carbonyl (C=O) groups excluding carboxylic acids is 3. The van der Waals surface area contributed by atoms with Gasteiger partial charge in [0.1, 0.15) is 0 Å².